The van der Waals surface area contributed by atoms with E-state index >= 15 is 0 Å². The van der Waals surface area contributed by atoms with Gasteiger partial charge in [-0.2, -0.15) is 0 Å². The lowest BCUT2D eigenvalue weighted by Crippen LogP contribution is -1.87. The molecule has 0 aliphatic carbocycles. The van der Waals surface area contributed by atoms with Gasteiger partial charge in [-0.05, 0) is 6.92 Å². The normalized spacial score (nSPS) is 9.56. The molecular formula is C2H5Cl3O3P+. The van der Waals surface area contributed by atoms with Crippen LogP contribution in [-0.2, 0) is 4.57 Å². The zero-order valence-corrected chi connectivity index (χ0v) is 7.55. The Kier molecular flexibility index (Phi) is 7.89. The van der Waals surface area contributed by atoms with Gasteiger partial charge in [0.2, 0.25) is 0 Å². The average Bonchev–Trinajstić information content (AvgIpc) is 1.19. The Morgan fingerprint density at radius 2 is 1.33 bits per heavy atom. The van der Waals surface area contributed by atoms with Gasteiger partial charge in [0, 0.05) is 4.57 Å². The molecule has 0 atom stereocenters. The van der Waals surface area contributed by atoms with Crippen molar-refractivity contribution >= 4 is 43.1 Å². The molecule has 9 heavy (non-hydrogen) atoms. The summed E-state index contributed by atoms with van der Waals surface area (Å²) in [5, 5.41) is 0. The van der Waals surface area contributed by atoms with Gasteiger partial charge in [0.1, 0.15) is 0 Å². The van der Waals surface area contributed by atoms with Crippen LogP contribution in [0.15, 0.2) is 0 Å². The molecule has 3 nitrogen and oxygen atoms in total. The third kappa shape index (κ3) is 533. The van der Waals surface area contributed by atoms with Crippen molar-refractivity contribution in [2.24, 2.45) is 0 Å². The minimum absolute atomic E-state index is 1.08. The molecule has 0 aromatic heterocycles. The van der Waals surface area contributed by atoms with Gasteiger partial charge in [0.25, 0.3) is 0 Å². The topological polar surface area (TPSA) is 57.5 Å². The van der Waals surface area contributed by atoms with Crippen molar-refractivity contribution in [2.75, 3.05) is 0 Å². The highest BCUT2D eigenvalue weighted by atomic mass is 35.6. The predicted molar refractivity (Wildman–Crippen MR) is 38.0 cm³/mol. The highest BCUT2D eigenvalue weighted by Crippen LogP contribution is 2.23. The van der Waals surface area contributed by atoms with E-state index in [1.807, 2.05) is 0 Å². The van der Waals surface area contributed by atoms with Crippen LogP contribution in [0.25, 0.3) is 0 Å². The molecule has 0 rings (SSSR count). The first kappa shape index (κ1) is 12.6. The van der Waals surface area contributed by atoms with Gasteiger partial charge in [-0.3, -0.25) is 0 Å². The van der Waals surface area contributed by atoms with E-state index in [2.05, 4.69) is 0 Å². The third-order valence-electron chi connectivity index (χ3n) is 0. The number of hydrogen-bond acceptors (Lipinski definition) is 1. The van der Waals surface area contributed by atoms with E-state index in [9.17, 15) is 0 Å². The average molecular weight is 214 g/mol. The largest absolute Gasteiger partial charge is 0.692 e. The number of alkyl halides is 3. The third-order valence-corrected chi connectivity index (χ3v) is 0. The van der Waals surface area contributed by atoms with Crippen molar-refractivity contribution < 1.29 is 14.4 Å². The number of hydrogen-bond donors (Lipinski definition) is 2. The predicted octanol–water partition coefficient (Wildman–Crippen LogP) is 2.00. The summed E-state index contributed by atoms with van der Waals surface area (Å²) >= 11 is 15.2. The minimum Gasteiger partial charge on any atom is -0.134 e. The first-order chi connectivity index (χ1) is 3.73. The second-order valence-electron chi connectivity index (χ2n) is 1.03. The molecule has 0 aromatic carbocycles. The number of halogens is 3. The van der Waals surface area contributed by atoms with Crippen LogP contribution in [0.1, 0.15) is 6.92 Å². The maximum atomic E-state index is 8.70. The van der Waals surface area contributed by atoms with E-state index in [0.29, 0.717) is 0 Å². The van der Waals surface area contributed by atoms with Crippen LogP contribution in [0.2, 0.25) is 0 Å². The van der Waals surface area contributed by atoms with E-state index in [1.54, 1.807) is 0 Å². The lowest BCUT2D eigenvalue weighted by Gasteiger charge is -1.94. The molecule has 0 heterocycles. The van der Waals surface area contributed by atoms with Gasteiger partial charge in [-0.15, -0.1) is 9.79 Å². The Labute approximate surface area is 68.5 Å². The van der Waals surface area contributed by atoms with E-state index in [1.165, 1.54) is 6.92 Å². The standard InChI is InChI=1S/C2H3Cl3.HO3P/c1-2(3,4)5;1-4(2)3/h1H3;(H-,1,2,3)/p+1. The van der Waals surface area contributed by atoms with Crippen molar-refractivity contribution in [1.82, 2.24) is 0 Å². The smallest absolute Gasteiger partial charge is 0.134 e. The quantitative estimate of drug-likeness (QED) is 0.479. The second-order valence-corrected chi connectivity index (χ2v) is 4.39. The molecule has 0 radical (unpaired) electrons. The SMILES string of the molecule is CC(Cl)(Cl)Cl.O=[P+](O)O. The van der Waals surface area contributed by atoms with Gasteiger partial charge >= 0.3 is 8.25 Å². The van der Waals surface area contributed by atoms with Gasteiger partial charge in [0.05, 0.1) is 0 Å². The Bertz CT molecular complexity index is 79.5. The van der Waals surface area contributed by atoms with E-state index < -0.39 is 12.0 Å². The minimum atomic E-state index is -2.87. The van der Waals surface area contributed by atoms with Crippen molar-refractivity contribution in [3.63, 3.8) is 0 Å². The molecule has 0 aliphatic rings. The molecule has 0 unspecified atom stereocenters. The molecule has 0 saturated heterocycles. The van der Waals surface area contributed by atoms with Crippen molar-refractivity contribution in [3.8, 4) is 0 Å². The van der Waals surface area contributed by atoms with Gasteiger partial charge in [-0.1, -0.05) is 34.8 Å². The van der Waals surface area contributed by atoms with Crippen molar-refractivity contribution in [2.45, 2.75) is 10.7 Å². The summed E-state index contributed by atoms with van der Waals surface area (Å²) in [7, 11) is -2.87. The molecule has 56 valence electrons. The molecule has 0 spiro atoms. The van der Waals surface area contributed by atoms with Crippen LogP contribution in [0.3, 0.4) is 0 Å². The summed E-state index contributed by atoms with van der Waals surface area (Å²) in [6.07, 6.45) is 0. The molecule has 2 N–H and O–H groups in total. The fourth-order valence-corrected chi connectivity index (χ4v) is 0. The molecule has 0 aromatic rings. The maximum absolute atomic E-state index is 8.70. The fourth-order valence-electron chi connectivity index (χ4n) is 0. The Morgan fingerprint density at radius 1 is 1.33 bits per heavy atom. The molecule has 0 bridgehead atoms. The van der Waals surface area contributed by atoms with Crippen LogP contribution in [0.5, 0.6) is 0 Å². The monoisotopic (exact) mass is 213 g/mol. The zero-order valence-electron chi connectivity index (χ0n) is 4.38. The van der Waals surface area contributed by atoms with E-state index in [-0.39, 0.29) is 0 Å². The number of rotatable bonds is 0. The second kappa shape index (κ2) is 5.66. The molecule has 0 fully saturated rings. The van der Waals surface area contributed by atoms with Crippen LogP contribution in [-0.4, -0.2) is 13.6 Å². The lowest BCUT2D eigenvalue weighted by atomic mass is 10.9. The van der Waals surface area contributed by atoms with Crippen LogP contribution < -0.4 is 0 Å². The molecule has 0 saturated carbocycles. The fraction of sp³-hybridized carbons (Fsp3) is 1.00. The molecule has 7 heteroatoms. The van der Waals surface area contributed by atoms with Gasteiger partial charge < -0.3 is 0 Å². The first-order valence-corrected chi connectivity index (χ1v) is 3.95. The summed E-state index contributed by atoms with van der Waals surface area (Å²) in [5.41, 5.74) is 0. The van der Waals surface area contributed by atoms with E-state index in [4.69, 9.17) is 49.2 Å². The van der Waals surface area contributed by atoms with Crippen LogP contribution >= 0.6 is 43.1 Å². The Balaban J connectivity index is 0. The Hall–Kier alpha value is 0.890. The van der Waals surface area contributed by atoms with Gasteiger partial charge in [0.15, 0.2) is 3.79 Å². The highest BCUT2D eigenvalue weighted by molar-refractivity contribution is 7.30. The van der Waals surface area contributed by atoms with Gasteiger partial charge in [-0.25, -0.2) is 0 Å². The first-order valence-electron chi connectivity index (χ1n) is 1.65. The molecular weight excluding hydrogens is 209 g/mol. The Morgan fingerprint density at radius 3 is 1.33 bits per heavy atom. The summed E-state index contributed by atoms with van der Waals surface area (Å²) in [4.78, 5) is 14.2. The maximum Gasteiger partial charge on any atom is 0.692 e. The van der Waals surface area contributed by atoms with Crippen molar-refractivity contribution in [3.05, 3.63) is 0 Å². The highest BCUT2D eigenvalue weighted by Gasteiger charge is 2.07. The molecule has 0 aliphatic heterocycles. The lowest BCUT2D eigenvalue weighted by molar-refractivity contribution is 0.405. The summed E-state index contributed by atoms with van der Waals surface area (Å²) in [6, 6.07) is 0. The van der Waals surface area contributed by atoms with Crippen molar-refractivity contribution in [1.29, 1.82) is 0 Å². The summed E-state index contributed by atoms with van der Waals surface area (Å²) in [6.45, 7) is 1.48. The van der Waals surface area contributed by atoms with Crippen LogP contribution in [0, 0.1) is 0 Å². The van der Waals surface area contributed by atoms with E-state index in [0.717, 1.165) is 0 Å². The summed E-state index contributed by atoms with van der Waals surface area (Å²) < 4.78 is 7.62. The zero-order chi connectivity index (χ0) is 8.08. The van der Waals surface area contributed by atoms with Crippen LogP contribution in [0.4, 0.5) is 0 Å². The molecule has 0 amide bonds. The summed E-state index contributed by atoms with van der Waals surface area (Å²) in [5.74, 6) is 0.